The Hall–Kier alpha value is -3.72. The number of benzene rings is 2. The highest BCUT2D eigenvalue weighted by Crippen LogP contribution is 2.28. The molecular weight excluding hydrogens is 472 g/mol. The average Bonchev–Trinajstić information content (AvgIpc) is 3.43. The van der Waals surface area contributed by atoms with Crippen LogP contribution in [0.3, 0.4) is 0 Å². The van der Waals surface area contributed by atoms with Gasteiger partial charge in [-0.05, 0) is 49.2 Å². The average molecular weight is 497 g/mol. The summed E-state index contributed by atoms with van der Waals surface area (Å²) >= 11 is 0. The van der Waals surface area contributed by atoms with Gasteiger partial charge in [0.2, 0.25) is 10.0 Å². The summed E-state index contributed by atoms with van der Waals surface area (Å²) in [5.41, 5.74) is 2.73. The van der Waals surface area contributed by atoms with Crippen molar-refractivity contribution in [3.8, 4) is 6.07 Å². The summed E-state index contributed by atoms with van der Waals surface area (Å²) < 4.78 is 32.5. The van der Waals surface area contributed by atoms with Gasteiger partial charge in [0.25, 0.3) is 0 Å². The number of aliphatic hydroxyl groups excluding tert-OH is 2. The van der Waals surface area contributed by atoms with Gasteiger partial charge < -0.3 is 19.9 Å². The molecule has 10 nitrogen and oxygen atoms in total. The molecule has 0 unspecified atom stereocenters. The van der Waals surface area contributed by atoms with Gasteiger partial charge in [-0.2, -0.15) is 9.57 Å². The van der Waals surface area contributed by atoms with Crippen LogP contribution in [0.1, 0.15) is 23.4 Å². The summed E-state index contributed by atoms with van der Waals surface area (Å²) in [4.78, 5) is 20.0. The number of nitriles is 1. The number of nitrogens with one attached hydrogen (secondary N) is 1. The van der Waals surface area contributed by atoms with E-state index in [1.165, 1.54) is 12.1 Å². The number of sulfonamides is 1. The smallest absolute Gasteiger partial charge is 0.325 e. The molecule has 0 bridgehead atoms. The number of ether oxygens (including phenoxy) is 1. The lowest BCUT2D eigenvalue weighted by molar-refractivity contribution is -0.147. The molecule has 0 radical (unpaired) electrons. The molecule has 11 heteroatoms. The number of rotatable bonds is 6. The van der Waals surface area contributed by atoms with E-state index in [0.29, 0.717) is 11.0 Å². The number of hydrogen-bond acceptors (Lipinski definition) is 8. The SMILES string of the molecule is Cc1ccc(S(=O)(=O)N2C[C@H](O)C[C@@H]2C(=O)OCC(O)=C(C#N)c2nc3ccccc3[nH]2)cc1C. The largest absolute Gasteiger partial charge is 0.507 e. The van der Waals surface area contributed by atoms with Gasteiger partial charge in [-0.15, -0.1) is 0 Å². The molecule has 2 heterocycles. The van der Waals surface area contributed by atoms with Crippen molar-refractivity contribution >= 4 is 32.6 Å². The van der Waals surface area contributed by atoms with E-state index in [2.05, 4.69) is 9.97 Å². The van der Waals surface area contributed by atoms with Crippen molar-refractivity contribution in [1.29, 1.82) is 5.26 Å². The van der Waals surface area contributed by atoms with Gasteiger partial charge in [-0.25, -0.2) is 13.4 Å². The lowest BCUT2D eigenvalue weighted by atomic mass is 10.1. The molecule has 1 aliphatic rings. The highest BCUT2D eigenvalue weighted by molar-refractivity contribution is 7.89. The van der Waals surface area contributed by atoms with E-state index < -0.39 is 40.5 Å². The number of allylic oxidation sites excluding steroid dienone is 1. The number of aromatic amines is 1. The number of para-hydroxylation sites is 2. The molecular formula is C24H24N4O6S. The molecule has 182 valence electrons. The van der Waals surface area contributed by atoms with Gasteiger partial charge >= 0.3 is 5.97 Å². The number of fused-ring (bicyclic) bond motifs is 1. The van der Waals surface area contributed by atoms with Crippen molar-refractivity contribution in [2.75, 3.05) is 13.2 Å². The maximum Gasteiger partial charge on any atom is 0.325 e. The molecule has 1 fully saturated rings. The highest BCUT2D eigenvalue weighted by atomic mass is 32.2. The highest BCUT2D eigenvalue weighted by Gasteiger charge is 2.44. The van der Waals surface area contributed by atoms with E-state index in [1.807, 2.05) is 13.0 Å². The minimum absolute atomic E-state index is 0.00638. The quantitative estimate of drug-likeness (QED) is 0.267. The number of esters is 1. The number of aryl methyl sites for hydroxylation is 2. The third-order valence-corrected chi connectivity index (χ3v) is 7.84. The normalized spacial score (nSPS) is 19.4. The Labute approximate surface area is 202 Å². The van der Waals surface area contributed by atoms with Crippen LogP contribution in [0, 0.1) is 25.2 Å². The number of β-amino-alcohol motifs (C(OH)–C–C–N with tert-alkyl or cyclic N) is 1. The maximum absolute atomic E-state index is 13.2. The summed E-state index contributed by atoms with van der Waals surface area (Å²) in [6.45, 7) is 2.71. The van der Waals surface area contributed by atoms with Crippen LogP contribution < -0.4 is 0 Å². The van der Waals surface area contributed by atoms with Crippen molar-refractivity contribution in [2.45, 2.75) is 37.3 Å². The number of hydrogen-bond donors (Lipinski definition) is 3. The van der Waals surface area contributed by atoms with Gasteiger partial charge in [0, 0.05) is 13.0 Å². The van der Waals surface area contributed by atoms with Gasteiger partial charge in [0.1, 0.15) is 24.3 Å². The first kappa shape index (κ1) is 24.4. The Morgan fingerprint density at radius 2 is 2.00 bits per heavy atom. The van der Waals surface area contributed by atoms with Crippen LogP contribution in [-0.4, -0.2) is 64.2 Å². The topological polar surface area (TPSA) is 157 Å². The Morgan fingerprint density at radius 1 is 1.26 bits per heavy atom. The first-order chi connectivity index (χ1) is 16.6. The molecule has 1 saturated heterocycles. The Kier molecular flexibility index (Phi) is 6.62. The Bertz CT molecular complexity index is 1440. The second-order valence-corrected chi connectivity index (χ2v) is 10.3. The van der Waals surface area contributed by atoms with Crippen molar-refractivity contribution in [3.05, 3.63) is 65.2 Å². The molecule has 0 spiro atoms. The third-order valence-electron chi connectivity index (χ3n) is 5.97. The molecule has 1 aromatic heterocycles. The van der Waals surface area contributed by atoms with Crippen molar-refractivity contribution in [2.24, 2.45) is 0 Å². The van der Waals surface area contributed by atoms with Crippen molar-refractivity contribution in [3.63, 3.8) is 0 Å². The summed E-state index contributed by atoms with van der Waals surface area (Å²) in [6, 6.07) is 12.3. The number of aromatic nitrogens is 2. The number of nitrogens with zero attached hydrogens (tertiary/aromatic N) is 3. The minimum atomic E-state index is -4.09. The van der Waals surface area contributed by atoms with Gasteiger partial charge in [0.05, 0.1) is 22.0 Å². The second-order valence-electron chi connectivity index (χ2n) is 8.37. The lowest BCUT2D eigenvalue weighted by Crippen LogP contribution is -2.41. The van der Waals surface area contributed by atoms with Gasteiger partial charge in [-0.1, -0.05) is 18.2 Å². The predicted octanol–water partition coefficient (Wildman–Crippen LogP) is 2.34. The monoisotopic (exact) mass is 496 g/mol. The fourth-order valence-electron chi connectivity index (χ4n) is 3.91. The summed E-state index contributed by atoms with van der Waals surface area (Å²) in [6.07, 6.45) is -1.20. The van der Waals surface area contributed by atoms with Crippen LogP contribution in [-0.2, 0) is 19.6 Å². The van der Waals surface area contributed by atoms with Gasteiger partial charge in [-0.3, -0.25) is 4.79 Å². The van der Waals surface area contributed by atoms with Crippen LogP contribution in [0.2, 0.25) is 0 Å². The summed E-state index contributed by atoms with van der Waals surface area (Å²) in [5, 5.41) is 30.1. The van der Waals surface area contributed by atoms with E-state index in [-0.39, 0.29) is 29.3 Å². The molecule has 35 heavy (non-hydrogen) atoms. The van der Waals surface area contributed by atoms with Crippen LogP contribution in [0.15, 0.2) is 53.1 Å². The first-order valence-corrected chi connectivity index (χ1v) is 12.3. The molecule has 3 aromatic rings. The van der Waals surface area contributed by atoms with Crippen molar-refractivity contribution in [1.82, 2.24) is 14.3 Å². The van der Waals surface area contributed by atoms with E-state index >= 15 is 0 Å². The van der Waals surface area contributed by atoms with E-state index in [4.69, 9.17) is 4.74 Å². The molecule has 1 aliphatic heterocycles. The minimum Gasteiger partial charge on any atom is -0.507 e. The molecule has 2 atom stereocenters. The summed E-state index contributed by atoms with van der Waals surface area (Å²) in [5.74, 6) is -1.37. The molecule has 2 aromatic carbocycles. The second kappa shape index (κ2) is 9.50. The number of H-pyrrole nitrogens is 1. The Morgan fingerprint density at radius 3 is 2.69 bits per heavy atom. The lowest BCUT2D eigenvalue weighted by Gasteiger charge is -2.23. The maximum atomic E-state index is 13.2. The van der Waals surface area contributed by atoms with Crippen LogP contribution in [0.4, 0.5) is 0 Å². The first-order valence-electron chi connectivity index (χ1n) is 10.8. The number of carbonyl (C=O) groups is 1. The van der Waals surface area contributed by atoms with Crippen LogP contribution in [0.5, 0.6) is 0 Å². The fourth-order valence-corrected chi connectivity index (χ4v) is 5.62. The molecule has 4 rings (SSSR count). The zero-order chi connectivity index (χ0) is 25.3. The zero-order valence-electron chi connectivity index (χ0n) is 19.1. The van der Waals surface area contributed by atoms with E-state index in [9.17, 15) is 28.7 Å². The van der Waals surface area contributed by atoms with Crippen molar-refractivity contribution < 1.29 is 28.2 Å². The standard InChI is InChI=1S/C24H24N4O6S/c1-14-7-8-17(9-15(14)2)35(32,33)28-12-16(29)10-21(28)24(31)34-13-22(30)18(11-25)23-26-19-5-3-4-6-20(19)27-23/h3-9,16,21,29-30H,10,12-13H2,1-2H3,(H,26,27)/t16-,21-/m1/s1. The molecule has 0 saturated carbocycles. The molecule has 3 N–H and O–H groups in total. The van der Waals surface area contributed by atoms with Gasteiger partial charge in [0.15, 0.2) is 11.6 Å². The van der Waals surface area contributed by atoms with E-state index in [0.717, 1.165) is 15.4 Å². The van der Waals surface area contributed by atoms with Crippen LogP contribution >= 0.6 is 0 Å². The number of aliphatic hydroxyl groups is 2. The molecule has 0 aliphatic carbocycles. The Balaban J connectivity index is 1.53. The fraction of sp³-hybridized carbons (Fsp3) is 0.292. The zero-order valence-corrected chi connectivity index (χ0v) is 19.9. The number of carbonyl (C=O) groups excluding carboxylic acids is 1. The number of imidazole rings is 1. The third kappa shape index (κ3) is 4.77. The van der Waals surface area contributed by atoms with Crippen LogP contribution in [0.25, 0.3) is 16.6 Å². The molecule has 0 amide bonds. The summed E-state index contributed by atoms with van der Waals surface area (Å²) in [7, 11) is -4.09. The predicted molar refractivity (Wildman–Crippen MR) is 126 cm³/mol. The van der Waals surface area contributed by atoms with E-state index in [1.54, 1.807) is 37.3 Å².